The lowest BCUT2D eigenvalue weighted by Crippen LogP contribution is -2.27. The Kier molecular flexibility index (Phi) is 6.08. The van der Waals surface area contributed by atoms with Crippen LogP contribution in [0.5, 0.6) is 11.5 Å². The zero-order chi connectivity index (χ0) is 18.6. The van der Waals surface area contributed by atoms with Crippen LogP contribution in [0.2, 0.25) is 0 Å². The standard InChI is InChI=1S/C19H25NO4S/c1-13(2)16-8-11-18(24-5)19(12-16)25(21,22)20-14(3)15-6-9-17(23-4)10-7-15/h6-14,20H,1-5H3. The summed E-state index contributed by atoms with van der Waals surface area (Å²) in [5.41, 5.74) is 1.79. The first-order valence-corrected chi connectivity index (χ1v) is 9.61. The summed E-state index contributed by atoms with van der Waals surface area (Å²) in [6, 6.07) is 12.2. The van der Waals surface area contributed by atoms with Gasteiger partial charge in [0.15, 0.2) is 0 Å². The van der Waals surface area contributed by atoms with Gasteiger partial charge in [0, 0.05) is 6.04 Å². The molecule has 0 heterocycles. The van der Waals surface area contributed by atoms with Gasteiger partial charge in [0.25, 0.3) is 0 Å². The average Bonchev–Trinajstić information content (AvgIpc) is 2.60. The summed E-state index contributed by atoms with van der Waals surface area (Å²) in [6.45, 7) is 5.84. The van der Waals surface area contributed by atoms with Crippen LogP contribution in [-0.2, 0) is 10.0 Å². The van der Waals surface area contributed by atoms with Crippen LogP contribution < -0.4 is 14.2 Å². The molecular formula is C19H25NO4S. The van der Waals surface area contributed by atoms with E-state index in [1.807, 2.05) is 32.0 Å². The smallest absolute Gasteiger partial charge is 0.244 e. The molecule has 2 rings (SSSR count). The van der Waals surface area contributed by atoms with E-state index in [2.05, 4.69) is 4.72 Å². The topological polar surface area (TPSA) is 64.6 Å². The summed E-state index contributed by atoms with van der Waals surface area (Å²) in [6.07, 6.45) is 0. The predicted octanol–water partition coefficient (Wildman–Crippen LogP) is 3.87. The Morgan fingerprint density at radius 2 is 1.48 bits per heavy atom. The van der Waals surface area contributed by atoms with E-state index >= 15 is 0 Å². The Hall–Kier alpha value is -2.05. The number of hydrogen-bond donors (Lipinski definition) is 1. The third kappa shape index (κ3) is 4.52. The van der Waals surface area contributed by atoms with Crippen LogP contribution in [0, 0.1) is 0 Å². The van der Waals surface area contributed by atoms with Gasteiger partial charge in [-0.15, -0.1) is 0 Å². The molecule has 0 amide bonds. The Morgan fingerprint density at radius 3 is 2.00 bits per heavy atom. The van der Waals surface area contributed by atoms with Gasteiger partial charge in [-0.3, -0.25) is 0 Å². The fourth-order valence-electron chi connectivity index (χ4n) is 2.52. The summed E-state index contributed by atoms with van der Waals surface area (Å²) in [5.74, 6) is 1.28. The highest BCUT2D eigenvalue weighted by Gasteiger charge is 2.23. The second kappa shape index (κ2) is 7.89. The zero-order valence-corrected chi connectivity index (χ0v) is 16.1. The lowest BCUT2D eigenvalue weighted by atomic mass is 10.0. The second-order valence-electron chi connectivity index (χ2n) is 6.18. The van der Waals surface area contributed by atoms with E-state index < -0.39 is 10.0 Å². The molecule has 5 nitrogen and oxygen atoms in total. The predicted molar refractivity (Wildman–Crippen MR) is 98.8 cm³/mol. The van der Waals surface area contributed by atoms with E-state index in [4.69, 9.17) is 9.47 Å². The molecule has 1 atom stereocenters. The van der Waals surface area contributed by atoms with E-state index in [1.54, 1.807) is 38.3 Å². The van der Waals surface area contributed by atoms with E-state index in [0.29, 0.717) is 5.75 Å². The van der Waals surface area contributed by atoms with Crippen LogP contribution in [0.1, 0.15) is 43.9 Å². The normalized spacial score (nSPS) is 12.9. The Labute approximate surface area is 150 Å². The summed E-state index contributed by atoms with van der Waals surface area (Å²) < 4.78 is 38.9. The summed E-state index contributed by atoms with van der Waals surface area (Å²) >= 11 is 0. The van der Waals surface area contributed by atoms with Gasteiger partial charge in [0.2, 0.25) is 10.0 Å². The van der Waals surface area contributed by atoms with E-state index in [1.165, 1.54) is 7.11 Å². The molecule has 0 aliphatic heterocycles. The molecule has 25 heavy (non-hydrogen) atoms. The summed E-state index contributed by atoms with van der Waals surface area (Å²) in [5, 5.41) is 0. The van der Waals surface area contributed by atoms with Crippen LogP contribution in [0.25, 0.3) is 0 Å². The number of rotatable bonds is 7. The summed E-state index contributed by atoms with van der Waals surface area (Å²) in [7, 11) is -0.667. The molecular weight excluding hydrogens is 338 g/mol. The van der Waals surface area contributed by atoms with Crippen molar-refractivity contribution in [1.82, 2.24) is 4.72 Å². The minimum Gasteiger partial charge on any atom is -0.497 e. The minimum absolute atomic E-state index is 0.154. The van der Waals surface area contributed by atoms with Crippen LogP contribution in [0.15, 0.2) is 47.4 Å². The maximum absolute atomic E-state index is 12.9. The SMILES string of the molecule is COc1ccc(C(C)NS(=O)(=O)c2cc(C(C)C)ccc2OC)cc1. The molecule has 1 unspecified atom stereocenters. The fraction of sp³-hybridized carbons (Fsp3) is 0.368. The van der Waals surface area contributed by atoms with Crippen molar-refractivity contribution in [2.45, 2.75) is 37.6 Å². The summed E-state index contributed by atoms with van der Waals surface area (Å²) in [4.78, 5) is 0.154. The largest absolute Gasteiger partial charge is 0.497 e. The lowest BCUT2D eigenvalue weighted by Gasteiger charge is -2.18. The van der Waals surface area contributed by atoms with Gasteiger partial charge in [-0.05, 0) is 48.2 Å². The average molecular weight is 363 g/mol. The van der Waals surface area contributed by atoms with Crippen molar-refractivity contribution in [3.63, 3.8) is 0 Å². The number of sulfonamides is 1. The van der Waals surface area contributed by atoms with Crippen LogP contribution in [-0.4, -0.2) is 22.6 Å². The van der Waals surface area contributed by atoms with Gasteiger partial charge in [0.1, 0.15) is 16.4 Å². The van der Waals surface area contributed by atoms with Crippen molar-refractivity contribution in [2.24, 2.45) is 0 Å². The number of nitrogens with one attached hydrogen (secondary N) is 1. The van der Waals surface area contributed by atoms with E-state index in [-0.39, 0.29) is 16.9 Å². The van der Waals surface area contributed by atoms with Crippen molar-refractivity contribution in [1.29, 1.82) is 0 Å². The monoisotopic (exact) mass is 363 g/mol. The molecule has 0 bridgehead atoms. The molecule has 1 N–H and O–H groups in total. The second-order valence-corrected chi connectivity index (χ2v) is 7.86. The van der Waals surface area contributed by atoms with Crippen molar-refractivity contribution in [3.05, 3.63) is 53.6 Å². The van der Waals surface area contributed by atoms with Gasteiger partial charge in [0.05, 0.1) is 14.2 Å². The number of methoxy groups -OCH3 is 2. The van der Waals surface area contributed by atoms with Gasteiger partial charge in [-0.1, -0.05) is 32.0 Å². The lowest BCUT2D eigenvalue weighted by molar-refractivity contribution is 0.401. The first-order valence-electron chi connectivity index (χ1n) is 8.12. The van der Waals surface area contributed by atoms with Crippen LogP contribution in [0.3, 0.4) is 0 Å². The molecule has 0 saturated carbocycles. The van der Waals surface area contributed by atoms with Crippen LogP contribution in [0.4, 0.5) is 0 Å². The van der Waals surface area contributed by atoms with Crippen molar-refractivity contribution in [3.8, 4) is 11.5 Å². The number of ether oxygens (including phenoxy) is 2. The fourth-order valence-corrected chi connectivity index (χ4v) is 3.96. The van der Waals surface area contributed by atoms with E-state index in [9.17, 15) is 8.42 Å². The molecule has 0 aliphatic carbocycles. The van der Waals surface area contributed by atoms with Gasteiger partial charge in [-0.25, -0.2) is 13.1 Å². The molecule has 6 heteroatoms. The molecule has 2 aromatic rings. The molecule has 0 spiro atoms. The highest BCUT2D eigenvalue weighted by atomic mass is 32.2. The van der Waals surface area contributed by atoms with Crippen molar-refractivity contribution >= 4 is 10.0 Å². The molecule has 0 saturated heterocycles. The first-order chi connectivity index (χ1) is 11.8. The van der Waals surface area contributed by atoms with Gasteiger partial charge >= 0.3 is 0 Å². The molecule has 0 aromatic heterocycles. The maximum Gasteiger partial charge on any atom is 0.244 e. The third-order valence-corrected chi connectivity index (χ3v) is 5.65. The van der Waals surface area contributed by atoms with Gasteiger partial charge in [-0.2, -0.15) is 0 Å². The van der Waals surface area contributed by atoms with Crippen molar-refractivity contribution < 1.29 is 17.9 Å². The minimum atomic E-state index is -3.73. The first kappa shape index (κ1) is 19.3. The zero-order valence-electron chi connectivity index (χ0n) is 15.2. The third-order valence-electron chi connectivity index (χ3n) is 4.09. The quantitative estimate of drug-likeness (QED) is 0.811. The Morgan fingerprint density at radius 1 is 0.880 bits per heavy atom. The maximum atomic E-state index is 12.9. The molecule has 0 aliphatic rings. The number of benzene rings is 2. The Balaban J connectivity index is 2.32. The van der Waals surface area contributed by atoms with Gasteiger partial charge < -0.3 is 9.47 Å². The highest BCUT2D eigenvalue weighted by molar-refractivity contribution is 7.89. The van der Waals surface area contributed by atoms with Crippen molar-refractivity contribution in [2.75, 3.05) is 14.2 Å². The Bertz CT molecular complexity index is 814. The molecule has 136 valence electrons. The number of hydrogen-bond acceptors (Lipinski definition) is 4. The molecule has 0 fully saturated rings. The van der Waals surface area contributed by atoms with E-state index in [0.717, 1.165) is 16.9 Å². The highest BCUT2D eigenvalue weighted by Crippen LogP contribution is 2.29. The van der Waals surface area contributed by atoms with Crippen LogP contribution >= 0.6 is 0 Å². The molecule has 2 aromatic carbocycles. The molecule has 0 radical (unpaired) electrons.